The van der Waals surface area contributed by atoms with Crippen LogP contribution in [-0.4, -0.2) is 39.5 Å². The second-order valence-electron chi connectivity index (χ2n) is 5.01. The monoisotopic (exact) mass is 365 g/mol. The summed E-state index contributed by atoms with van der Waals surface area (Å²) in [5, 5.41) is 9.88. The topological polar surface area (TPSA) is 94.4 Å². The number of rotatable bonds is 3. The molecule has 0 unspecified atom stereocenters. The molecule has 0 aliphatic carbocycles. The molecule has 3 rings (SSSR count). The summed E-state index contributed by atoms with van der Waals surface area (Å²) in [5.41, 5.74) is 0.670. The highest BCUT2D eigenvalue weighted by Crippen LogP contribution is 2.29. The predicted octanol–water partition coefficient (Wildman–Crippen LogP) is 3.08. The maximum absolute atomic E-state index is 12.2. The Morgan fingerprint density at radius 3 is 2.42 bits per heavy atom. The van der Waals surface area contributed by atoms with Gasteiger partial charge in [-0.3, -0.25) is 0 Å². The van der Waals surface area contributed by atoms with Crippen molar-refractivity contribution in [3.05, 3.63) is 42.2 Å². The maximum atomic E-state index is 12.2. The van der Waals surface area contributed by atoms with Gasteiger partial charge in [-0.25, -0.2) is 19.7 Å². The molecule has 134 valence electrons. The Kier molecular flexibility index (Phi) is 4.33. The number of hydrogen-bond acceptors (Lipinski definition) is 7. The molecule has 0 bridgehead atoms. The summed E-state index contributed by atoms with van der Waals surface area (Å²) in [6.45, 7) is 0. The van der Waals surface area contributed by atoms with E-state index in [1.165, 1.54) is 25.3 Å². The molecule has 0 aliphatic rings. The number of alkyl halides is 3. The number of carbonyl (C=O) groups is 1. The van der Waals surface area contributed by atoms with E-state index in [9.17, 15) is 23.1 Å². The SMILES string of the molecule is COC(=O)c1cc(-c2ccc(OC(F)(F)F)cc2)nc2c(O)ncnc12. The molecule has 7 nitrogen and oxygen atoms in total. The van der Waals surface area contributed by atoms with Gasteiger partial charge in [-0.1, -0.05) is 0 Å². The van der Waals surface area contributed by atoms with Gasteiger partial charge in [-0.15, -0.1) is 13.2 Å². The van der Waals surface area contributed by atoms with E-state index in [4.69, 9.17) is 4.74 Å². The molecule has 0 amide bonds. The zero-order valence-corrected chi connectivity index (χ0v) is 13.1. The third-order valence-corrected chi connectivity index (χ3v) is 3.36. The fourth-order valence-corrected chi connectivity index (χ4v) is 2.27. The third-order valence-electron chi connectivity index (χ3n) is 3.36. The van der Waals surface area contributed by atoms with Gasteiger partial charge in [0, 0.05) is 5.56 Å². The number of aromatic hydroxyl groups is 1. The highest BCUT2D eigenvalue weighted by atomic mass is 19.4. The summed E-state index contributed by atoms with van der Waals surface area (Å²) in [7, 11) is 1.18. The van der Waals surface area contributed by atoms with E-state index in [2.05, 4.69) is 19.7 Å². The lowest BCUT2D eigenvalue weighted by Crippen LogP contribution is -2.16. The van der Waals surface area contributed by atoms with Gasteiger partial charge in [0.1, 0.15) is 17.6 Å². The number of methoxy groups -OCH3 is 1. The van der Waals surface area contributed by atoms with E-state index in [1.54, 1.807) is 0 Å². The normalized spacial score (nSPS) is 11.4. The van der Waals surface area contributed by atoms with E-state index in [1.807, 2.05) is 0 Å². The summed E-state index contributed by atoms with van der Waals surface area (Å²) in [4.78, 5) is 23.7. The lowest BCUT2D eigenvalue weighted by atomic mass is 10.1. The maximum Gasteiger partial charge on any atom is 0.573 e. The van der Waals surface area contributed by atoms with E-state index < -0.39 is 24.0 Å². The Morgan fingerprint density at radius 2 is 1.81 bits per heavy atom. The summed E-state index contributed by atoms with van der Waals surface area (Å²) in [5.74, 6) is -1.56. The number of nitrogens with zero attached hydrogens (tertiary/aromatic N) is 3. The summed E-state index contributed by atoms with van der Waals surface area (Å²) in [6, 6.07) is 6.23. The van der Waals surface area contributed by atoms with Crippen molar-refractivity contribution in [2.24, 2.45) is 0 Å². The van der Waals surface area contributed by atoms with Crippen molar-refractivity contribution < 1.29 is 32.5 Å². The van der Waals surface area contributed by atoms with Crippen LogP contribution in [0.5, 0.6) is 11.6 Å². The van der Waals surface area contributed by atoms with E-state index in [0.29, 0.717) is 5.56 Å². The molecule has 0 atom stereocenters. The Labute approximate surface area is 144 Å². The number of benzene rings is 1. The van der Waals surface area contributed by atoms with Crippen molar-refractivity contribution in [1.29, 1.82) is 0 Å². The highest BCUT2D eigenvalue weighted by Gasteiger charge is 2.31. The van der Waals surface area contributed by atoms with Gasteiger partial charge < -0.3 is 14.6 Å². The van der Waals surface area contributed by atoms with Gasteiger partial charge in [0.05, 0.1) is 18.4 Å². The molecule has 0 fully saturated rings. The van der Waals surface area contributed by atoms with Crippen molar-refractivity contribution >= 4 is 17.0 Å². The number of halogens is 3. The second-order valence-corrected chi connectivity index (χ2v) is 5.01. The van der Waals surface area contributed by atoms with Crippen LogP contribution < -0.4 is 4.74 Å². The predicted molar refractivity (Wildman–Crippen MR) is 82.5 cm³/mol. The first-order valence-electron chi connectivity index (χ1n) is 7.07. The minimum absolute atomic E-state index is 0.0285. The average Bonchev–Trinajstić information content (AvgIpc) is 2.60. The molecule has 0 aliphatic heterocycles. The standard InChI is InChI=1S/C16H10F3N3O4/c1-25-15(24)10-6-11(22-13-12(10)20-7-21-14(13)23)8-2-4-9(5-3-8)26-16(17,18)19/h2-7H,1H3,(H,20,21,23). The van der Waals surface area contributed by atoms with Crippen LogP contribution in [-0.2, 0) is 4.74 Å². The smallest absolute Gasteiger partial charge is 0.492 e. The van der Waals surface area contributed by atoms with Crippen molar-refractivity contribution in [2.45, 2.75) is 6.36 Å². The highest BCUT2D eigenvalue weighted by molar-refractivity contribution is 6.03. The largest absolute Gasteiger partial charge is 0.573 e. The fourth-order valence-electron chi connectivity index (χ4n) is 2.27. The number of aromatic nitrogens is 3. The lowest BCUT2D eigenvalue weighted by molar-refractivity contribution is -0.274. The number of ether oxygens (including phenoxy) is 2. The zero-order valence-electron chi connectivity index (χ0n) is 13.1. The van der Waals surface area contributed by atoms with Crippen molar-refractivity contribution in [3.8, 4) is 22.9 Å². The molecule has 1 N–H and O–H groups in total. The average molecular weight is 365 g/mol. The molecule has 26 heavy (non-hydrogen) atoms. The lowest BCUT2D eigenvalue weighted by Gasteiger charge is -2.10. The molecular formula is C16H10F3N3O4. The van der Waals surface area contributed by atoms with Crippen LogP contribution in [0.4, 0.5) is 13.2 Å². The summed E-state index contributed by atoms with van der Waals surface area (Å²) >= 11 is 0. The van der Waals surface area contributed by atoms with Crippen LogP contribution in [0.15, 0.2) is 36.7 Å². The van der Waals surface area contributed by atoms with Crippen LogP contribution in [0.2, 0.25) is 0 Å². The first-order chi connectivity index (χ1) is 12.3. The minimum atomic E-state index is -4.80. The molecule has 0 radical (unpaired) electrons. The van der Waals surface area contributed by atoms with Gasteiger partial charge in [-0.05, 0) is 30.3 Å². The van der Waals surface area contributed by atoms with Crippen LogP contribution in [0.3, 0.4) is 0 Å². The van der Waals surface area contributed by atoms with Gasteiger partial charge >= 0.3 is 12.3 Å². The first-order valence-corrected chi connectivity index (χ1v) is 7.07. The van der Waals surface area contributed by atoms with Crippen molar-refractivity contribution in [3.63, 3.8) is 0 Å². The Morgan fingerprint density at radius 1 is 1.12 bits per heavy atom. The minimum Gasteiger partial charge on any atom is -0.492 e. The van der Waals surface area contributed by atoms with Gasteiger partial charge in [0.15, 0.2) is 5.52 Å². The summed E-state index contributed by atoms with van der Waals surface area (Å²) < 4.78 is 45.2. The van der Waals surface area contributed by atoms with Crippen molar-refractivity contribution in [2.75, 3.05) is 7.11 Å². The number of hydrogen-bond donors (Lipinski definition) is 1. The summed E-state index contributed by atoms with van der Waals surface area (Å²) in [6.07, 6.45) is -3.74. The molecule has 10 heteroatoms. The van der Waals surface area contributed by atoms with Crippen molar-refractivity contribution in [1.82, 2.24) is 15.0 Å². The Balaban J connectivity index is 2.10. The molecule has 2 aromatic heterocycles. The van der Waals surface area contributed by atoms with E-state index in [0.717, 1.165) is 18.5 Å². The quantitative estimate of drug-likeness (QED) is 0.713. The molecular weight excluding hydrogens is 355 g/mol. The van der Waals surface area contributed by atoms with Crippen LogP contribution in [0.25, 0.3) is 22.3 Å². The second kappa shape index (κ2) is 6.47. The fraction of sp³-hybridized carbons (Fsp3) is 0.125. The molecule has 2 heterocycles. The van der Waals surface area contributed by atoms with Gasteiger partial charge in [0.25, 0.3) is 0 Å². The van der Waals surface area contributed by atoms with Crippen LogP contribution >= 0.6 is 0 Å². The van der Waals surface area contributed by atoms with Crippen LogP contribution in [0.1, 0.15) is 10.4 Å². The molecule has 0 saturated carbocycles. The van der Waals surface area contributed by atoms with E-state index >= 15 is 0 Å². The zero-order chi connectivity index (χ0) is 18.9. The Bertz CT molecular complexity index is 975. The number of pyridine rings is 1. The molecule has 1 aromatic carbocycles. The third kappa shape index (κ3) is 3.48. The molecule has 3 aromatic rings. The van der Waals surface area contributed by atoms with Gasteiger partial charge in [-0.2, -0.15) is 0 Å². The number of fused-ring (bicyclic) bond motifs is 1. The molecule has 0 saturated heterocycles. The van der Waals surface area contributed by atoms with E-state index in [-0.39, 0.29) is 22.3 Å². The number of carbonyl (C=O) groups excluding carboxylic acids is 1. The Hall–Kier alpha value is -3.43. The first kappa shape index (κ1) is 17.4. The molecule has 0 spiro atoms. The number of esters is 1. The van der Waals surface area contributed by atoms with Gasteiger partial charge in [0.2, 0.25) is 5.88 Å². The van der Waals surface area contributed by atoms with Crippen LogP contribution in [0, 0.1) is 0 Å².